The lowest BCUT2D eigenvalue weighted by molar-refractivity contribution is -0.118. The molecule has 3 rings (SSSR count). The van der Waals surface area contributed by atoms with Crippen molar-refractivity contribution >= 4 is 22.5 Å². The second-order valence-corrected chi connectivity index (χ2v) is 4.98. The van der Waals surface area contributed by atoms with Crippen LogP contribution in [0.1, 0.15) is 5.69 Å². The van der Waals surface area contributed by atoms with Gasteiger partial charge in [-0.1, -0.05) is 36.4 Å². The highest BCUT2D eigenvalue weighted by Crippen LogP contribution is 2.23. The topological polar surface area (TPSA) is 51.2 Å². The van der Waals surface area contributed by atoms with E-state index >= 15 is 0 Å². The number of fused-ring (bicyclic) bond motifs is 1. The number of ether oxygens (including phenoxy) is 1. The van der Waals surface area contributed by atoms with Gasteiger partial charge in [-0.3, -0.25) is 4.79 Å². The van der Waals surface area contributed by atoms with E-state index in [0.717, 1.165) is 22.3 Å². The quantitative estimate of drug-likeness (QED) is 0.800. The van der Waals surface area contributed by atoms with Crippen molar-refractivity contribution in [3.8, 4) is 5.75 Å². The molecule has 4 heteroatoms. The van der Waals surface area contributed by atoms with Crippen molar-refractivity contribution < 1.29 is 9.53 Å². The normalized spacial score (nSPS) is 10.4. The number of pyridine rings is 1. The molecule has 0 bridgehead atoms. The number of nitrogens with one attached hydrogen (secondary N) is 1. The van der Waals surface area contributed by atoms with Gasteiger partial charge in [-0.25, -0.2) is 4.98 Å². The van der Waals surface area contributed by atoms with Gasteiger partial charge in [-0.15, -0.1) is 0 Å². The highest BCUT2D eigenvalue weighted by atomic mass is 16.5. The first-order valence-corrected chi connectivity index (χ1v) is 7.06. The maximum atomic E-state index is 11.9. The number of carbonyl (C=O) groups excluding carboxylic acids is 1. The predicted molar refractivity (Wildman–Crippen MR) is 87.0 cm³/mol. The highest BCUT2D eigenvalue weighted by molar-refractivity contribution is 5.92. The fourth-order valence-electron chi connectivity index (χ4n) is 2.20. The van der Waals surface area contributed by atoms with E-state index in [9.17, 15) is 4.79 Å². The fraction of sp³-hybridized carbons (Fsp3) is 0.111. The molecule has 110 valence electrons. The SMILES string of the molecule is Cc1ccc2cccc(OCC(=O)Nc3ccccc3)c2n1. The summed E-state index contributed by atoms with van der Waals surface area (Å²) in [5.74, 6) is 0.417. The average Bonchev–Trinajstić information content (AvgIpc) is 2.54. The Morgan fingerprint density at radius 3 is 2.68 bits per heavy atom. The van der Waals surface area contributed by atoms with Crippen LogP contribution in [0.15, 0.2) is 60.7 Å². The van der Waals surface area contributed by atoms with Gasteiger partial charge in [0.15, 0.2) is 6.61 Å². The molecule has 2 aromatic carbocycles. The third-order valence-corrected chi connectivity index (χ3v) is 3.24. The van der Waals surface area contributed by atoms with Gasteiger partial charge in [0.1, 0.15) is 11.3 Å². The van der Waals surface area contributed by atoms with Crippen molar-refractivity contribution in [2.75, 3.05) is 11.9 Å². The Bertz CT molecular complexity index is 801. The lowest BCUT2D eigenvalue weighted by atomic mass is 10.2. The first-order chi connectivity index (χ1) is 10.7. The molecule has 0 saturated carbocycles. The summed E-state index contributed by atoms with van der Waals surface area (Å²) in [6.07, 6.45) is 0. The Labute approximate surface area is 128 Å². The van der Waals surface area contributed by atoms with Crippen molar-refractivity contribution in [2.24, 2.45) is 0 Å². The van der Waals surface area contributed by atoms with E-state index in [1.54, 1.807) is 0 Å². The van der Waals surface area contributed by atoms with Gasteiger partial charge < -0.3 is 10.1 Å². The monoisotopic (exact) mass is 292 g/mol. The number of amides is 1. The summed E-state index contributed by atoms with van der Waals surface area (Å²) in [6, 6.07) is 18.9. The number of nitrogens with zero attached hydrogens (tertiary/aromatic N) is 1. The minimum Gasteiger partial charge on any atom is -0.481 e. The van der Waals surface area contributed by atoms with E-state index in [0.29, 0.717) is 5.75 Å². The molecule has 4 nitrogen and oxygen atoms in total. The van der Waals surface area contributed by atoms with Crippen LogP contribution in [-0.4, -0.2) is 17.5 Å². The average molecular weight is 292 g/mol. The zero-order chi connectivity index (χ0) is 15.4. The zero-order valence-corrected chi connectivity index (χ0v) is 12.2. The largest absolute Gasteiger partial charge is 0.481 e. The summed E-state index contributed by atoms with van der Waals surface area (Å²) in [6.45, 7) is 1.88. The molecule has 22 heavy (non-hydrogen) atoms. The van der Waals surface area contributed by atoms with Crippen LogP contribution in [0.5, 0.6) is 5.75 Å². The van der Waals surface area contributed by atoms with Crippen LogP contribution in [0.2, 0.25) is 0 Å². The molecule has 0 atom stereocenters. The Kier molecular flexibility index (Phi) is 4.01. The Balaban J connectivity index is 1.71. The maximum absolute atomic E-state index is 11.9. The van der Waals surface area contributed by atoms with Crippen molar-refractivity contribution in [2.45, 2.75) is 6.92 Å². The third-order valence-electron chi connectivity index (χ3n) is 3.24. The van der Waals surface area contributed by atoms with Crippen molar-refractivity contribution in [3.63, 3.8) is 0 Å². The smallest absolute Gasteiger partial charge is 0.262 e. The molecule has 0 aliphatic rings. The number of carbonyl (C=O) groups is 1. The Morgan fingerprint density at radius 2 is 1.86 bits per heavy atom. The standard InChI is InChI=1S/C18H16N2O2/c1-13-10-11-14-6-5-9-16(18(14)19-13)22-12-17(21)20-15-7-3-2-4-8-15/h2-11H,12H2,1H3,(H,20,21). The van der Waals surface area contributed by atoms with Gasteiger partial charge in [-0.05, 0) is 31.2 Å². The summed E-state index contributed by atoms with van der Waals surface area (Å²) in [7, 11) is 0. The number of aryl methyl sites for hydroxylation is 1. The molecular formula is C18H16N2O2. The first-order valence-electron chi connectivity index (χ1n) is 7.06. The van der Waals surface area contributed by atoms with E-state index < -0.39 is 0 Å². The molecule has 0 spiro atoms. The van der Waals surface area contributed by atoms with Gasteiger partial charge in [0, 0.05) is 16.8 Å². The molecular weight excluding hydrogens is 276 g/mol. The van der Waals surface area contributed by atoms with Crippen LogP contribution < -0.4 is 10.1 Å². The summed E-state index contributed by atoms with van der Waals surface area (Å²) in [5.41, 5.74) is 2.44. The Morgan fingerprint density at radius 1 is 1.05 bits per heavy atom. The highest BCUT2D eigenvalue weighted by Gasteiger charge is 2.07. The van der Waals surface area contributed by atoms with Crippen LogP contribution in [-0.2, 0) is 4.79 Å². The molecule has 0 aliphatic heterocycles. The predicted octanol–water partition coefficient (Wildman–Crippen LogP) is 3.56. The van der Waals surface area contributed by atoms with Crippen LogP contribution >= 0.6 is 0 Å². The second kappa shape index (κ2) is 6.26. The first kappa shape index (κ1) is 14.1. The molecule has 1 heterocycles. The summed E-state index contributed by atoms with van der Waals surface area (Å²) in [4.78, 5) is 16.4. The van der Waals surface area contributed by atoms with Gasteiger partial charge >= 0.3 is 0 Å². The van der Waals surface area contributed by atoms with E-state index in [2.05, 4.69) is 10.3 Å². The van der Waals surface area contributed by atoms with Crippen LogP contribution in [0, 0.1) is 6.92 Å². The number of rotatable bonds is 4. The summed E-state index contributed by atoms with van der Waals surface area (Å²) < 4.78 is 5.63. The minimum absolute atomic E-state index is 0.0520. The van der Waals surface area contributed by atoms with Crippen molar-refractivity contribution in [3.05, 3.63) is 66.4 Å². The van der Waals surface area contributed by atoms with Crippen molar-refractivity contribution in [1.82, 2.24) is 4.98 Å². The van der Waals surface area contributed by atoms with Crippen LogP contribution in [0.25, 0.3) is 10.9 Å². The number of para-hydroxylation sites is 2. The fourth-order valence-corrected chi connectivity index (χ4v) is 2.20. The molecule has 1 N–H and O–H groups in total. The van der Waals surface area contributed by atoms with E-state index in [4.69, 9.17) is 4.74 Å². The van der Waals surface area contributed by atoms with Gasteiger partial charge in [0.2, 0.25) is 0 Å². The molecule has 0 unspecified atom stereocenters. The molecule has 1 aromatic heterocycles. The number of aromatic nitrogens is 1. The number of hydrogen-bond acceptors (Lipinski definition) is 3. The van der Waals surface area contributed by atoms with E-state index in [1.165, 1.54) is 0 Å². The second-order valence-electron chi connectivity index (χ2n) is 4.98. The van der Waals surface area contributed by atoms with E-state index in [-0.39, 0.29) is 12.5 Å². The van der Waals surface area contributed by atoms with Gasteiger partial charge in [0.25, 0.3) is 5.91 Å². The van der Waals surface area contributed by atoms with Gasteiger partial charge in [0.05, 0.1) is 0 Å². The summed E-state index contributed by atoms with van der Waals surface area (Å²) >= 11 is 0. The molecule has 0 saturated heterocycles. The maximum Gasteiger partial charge on any atom is 0.262 e. The molecule has 0 radical (unpaired) electrons. The molecule has 0 aliphatic carbocycles. The lowest BCUT2D eigenvalue weighted by Gasteiger charge is -2.09. The Hall–Kier alpha value is -2.88. The summed E-state index contributed by atoms with van der Waals surface area (Å²) in [5, 5.41) is 3.78. The van der Waals surface area contributed by atoms with Crippen molar-refractivity contribution in [1.29, 1.82) is 0 Å². The van der Waals surface area contributed by atoms with Gasteiger partial charge in [-0.2, -0.15) is 0 Å². The zero-order valence-electron chi connectivity index (χ0n) is 12.2. The van der Waals surface area contributed by atoms with Crippen LogP contribution in [0.4, 0.5) is 5.69 Å². The molecule has 1 amide bonds. The number of anilines is 1. The van der Waals surface area contributed by atoms with Crippen LogP contribution in [0.3, 0.4) is 0 Å². The minimum atomic E-state index is -0.198. The molecule has 0 fully saturated rings. The lowest BCUT2D eigenvalue weighted by Crippen LogP contribution is -2.20. The molecule has 3 aromatic rings. The van der Waals surface area contributed by atoms with E-state index in [1.807, 2.05) is 67.6 Å². The third kappa shape index (κ3) is 3.23. The number of benzene rings is 2. The number of hydrogen-bond donors (Lipinski definition) is 1.